The minimum atomic E-state index is -0.0829. The van der Waals surface area contributed by atoms with Gasteiger partial charge in [0.2, 0.25) is 5.91 Å². The van der Waals surface area contributed by atoms with E-state index in [2.05, 4.69) is 11.4 Å². The third kappa shape index (κ3) is 3.49. The second-order valence-electron chi connectivity index (χ2n) is 4.45. The van der Waals surface area contributed by atoms with Gasteiger partial charge < -0.3 is 10.2 Å². The molecule has 0 aliphatic carbocycles. The summed E-state index contributed by atoms with van der Waals surface area (Å²) in [6, 6.07) is 2.18. The van der Waals surface area contributed by atoms with Gasteiger partial charge in [0.1, 0.15) is 0 Å². The molecule has 0 aromatic carbocycles. The van der Waals surface area contributed by atoms with Gasteiger partial charge in [-0.3, -0.25) is 4.79 Å². The van der Waals surface area contributed by atoms with Crippen LogP contribution in [0.3, 0.4) is 0 Å². The zero-order chi connectivity index (χ0) is 12.0. The summed E-state index contributed by atoms with van der Waals surface area (Å²) in [6.45, 7) is 6.89. The Bertz CT molecular complexity index is 266. The van der Waals surface area contributed by atoms with E-state index in [9.17, 15) is 4.79 Å². The van der Waals surface area contributed by atoms with Crippen LogP contribution in [-0.2, 0) is 4.79 Å². The largest absolute Gasteiger partial charge is 0.341 e. The van der Waals surface area contributed by atoms with E-state index in [1.165, 1.54) is 0 Å². The van der Waals surface area contributed by atoms with Gasteiger partial charge in [-0.2, -0.15) is 5.26 Å². The molecular formula is C12H21N3O. The number of nitrogens with one attached hydrogen (secondary N) is 1. The zero-order valence-corrected chi connectivity index (χ0v) is 10.2. The highest BCUT2D eigenvalue weighted by atomic mass is 16.2. The molecule has 1 rings (SSSR count). The molecule has 2 atom stereocenters. The lowest BCUT2D eigenvalue weighted by Crippen LogP contribution is -2.44. The molecule has 4 nitrogen and oxygen atoms in total. The maximum absolute atomic E-state index is 12.2. The van der Waals surface area contributed by atoms with Gasteiger partial charge in [0.05, 0.1) is 17.9 Å². The third-order valence-corrected chi connectivity index (χ3v) is 3.05. The van der Waals surface area contributed by atoms with Crippen LogP contribution in [-0.4, -0.2) is 37.0 Å². The number of nitrogens with zero attached hydrogens (tertiary/aromatic N) is 2. The van der Waals surface area contributed by atoms with Crippen LogP contribution < -0.4 is 5.32 Å². The monoisotopic (exact) mass is 223 g/mol. The van der Waals surface area contributed by atoms with Gasteiger partial charge in [-0.25, -0.2) is 0 Å². The van der Waals surface area contributed by atoms with Crippen LogP contribution in [0.5, 0.6) is 0 Å². The van der Waals surface area contributed by atoms with Crippen molar-refractivity contribution in [2.24, 2.45) is 11.8 Å². The lowest BCUT2D eigenvalue weighted by molar-refractivity contribution is -0.136. The number of hydrogen-bond acceptors (Lipinski definition) is 3. The number of amides is 1. The minimum absolute atomic E-state index is 0.0829. The van der Waals surface area contributed by atoms with Crippen LogP contribution in [0.1, 0.15) is 26.7 Å². The molecule has 0 bridgehead atoms. The second-order valence-corrected chi connectivity index (χ2v) is 4.45. The SMILES string of the molecule is CCN(CC(C)C#N)C(=O)[C@@H]1CCCNC1. The van der Waals surface area contributed by atoms with Gasteiger partial charge in [-0.15, -0.1) is 0 Å². The highest BCUT2D eigenvalue weighted by Gasteiger charge is 2.25. The van der Waals surface area contributed by atoms with E-state index in [0.717, 1.165) is 25.9 Å². The first-order chi connectivity index (χ1) is 7.69. The molecule has 90 valence electrons. The van der Waals surface area contributed by atoms with Crippen LogP contribution in [0.15, 0.2) is 0 Å². The first-order valence-electron chi connectivity index (χ1n) is 6.08. The van der Waals surface area contributed by atoms with Gasteiger partial charge in [0.15, 0.2) is 0 Å². The van der Waals surface area contributed by atoms with Gasteiger partial charge >= 0.3 is 0 Å². The highest BCUT2D eigenvalue weighted by Crippen LogP contribution is 2.14. The van der Waals surface area contributed by atoms with Gasteiger partial charge in [0, 0.05) is 19.6 Å². The number of carbonyl (C=O) groups excluding carboxylic acids is 1. The van der Waals surface area contributed by atoms with Crippen LogP contribution in [0.4, 0.5) is 0 Å². The van der Waals surface area contributed by atoms with Crippen molar-refractivity contribution < 1.29 is 4.79 Å². The van der Waals surface area contributed by atoms with Crippen LogP contribution in [0.25, 0.3) is 0 Å². The summed E-state index contributed by atoms with van der Waals surface area (Å²) < 4.78 is 0. The molecule has 0 radical (unpaired) electrons. The molecule has 1 heterocycles. The number of hydrogen-bond donors (Lipinski definition) is 1. The summed E-state index contributed by atoms with van der Waals surface area (Å²) in [6.07, 6.45) is 2.05. The highest BCUT2D eigenvalue weighted by molar-refractivity contribution is 5.79. The molecule has 1 N–H and O–H groups in total. The predicted octanol–water partition coefficient (Wildman–Crippen LogP) is 0.994. The van der Waals surface area contributed by atoms with E-state index in [-0.39, 0.29) is 17.7 Å². The Hall–Kier alpha value is -1.08. The Morgan fingerprint density at radius 3 is 2.94 bits per heavy atom. The molecule has 0 aromatic rings. The lowest BCUT2D eigenvalue weighted by Gasteiger charge is -2.29. The normalized spacial score (nSPS) is 22.2. The molecule has 16 heavy (non-hydrogen) atoms. The Balaban J connectivity index is 2.51. The van der Waals surface area contributed by atoms with Crippen molar-refractivity contribution >= 4 is 5.91 Å². The topological polar surface area (TPSA) is 56.1 Å². The summed E-state index contributed by atoms with van der Waals surface area (Å²) in [5, 5.41) is 12.0. The van der Waals surface area contributed by atoms with E-state index >= 15 is 0 Å². The number of nitriles is 1. The fourth-order valence-electron chi connectivity index (χ4n) is 2.07. The molecule has 0 spiro atoms. The molecule has 1 saturated heterocycles. The Labute approximate surface area is 97.6 Å². The molecule has 4 heteroatoms. The lowest BCUT2D eigenvalue weighted by atomic mass is 9.97. The Morgan fingerprint density at radius 2 is 2.44 bits per heavy atom. The molecule has 0 aromatic heterocycles. The van der Waals surface area contributed by atoms with Gasteiger partial charge in [0.25, 0.3) is 0 Å². The van der Waals surface area contributed by atoms with E-state index < -0.39 is 0 Å². The van der Waals surface area contributed by atoms with Crippen molar-refractivity contribution in [1.29, 1.82) is 5.26 Å². The molecular weight excluding hydrogens is 202 g/mol. The van der Waals surface area contributed by atoms with Crippen molar-refractivity contribution in [3.8, 4) is 6.07 Å². The number of carbonyl (C=O) groups is 1. The quantitative estimate of drug-likeness (QED) is 0.773. The minimum Gasteiger partial charge on any atom is -0.341 e. The summed E-state index contributed by atoms with van der Waals surface area (Å²) in [5.41, 5.74) is 0. The molecule has 1 aliphatic rings. The summed E-state index contributed by atoms with van der Waals surface area (Å²) >= 11 is 0. The fraction of sp³-hybridized carbons (Fsp3) is 0.833. The average molecular weight is 223 g/mol. The fourth-order valence-corrected chi connectivity index (χ4v) is 2.07. The smallest absolute Gasteiger partial charge is 0.226 e. The van der Waals surface area contributed by atoms with Gasteiger partial charge in [-0.05, 0) is 33.2 Å². The molecule has 1 unspecified atom stereocenters. The molecule has 1 fully saturated rings. The van der Waals surface area contributed by atoms with E-state index in [1.807, 2.05) is 18.7 Å². The second kappa shape index (κ2) is 6.49. The summed E-state index contributed by atoms with van der Waals surface area (Å²) in [5.74, 6) is 0.233. The Kier molecular flexibility index (Phi) is 5.27. The van der Waals surface area contributed by atoms with Crippen LogP contribution in [0, 0.1) is 23.2 Å². The number of rotatable bonds is 4. The van der Waals surface area contributed by atoms with Crippen molar-refractivity contribution in [2.45, 2.75) is 26.7 Å². The van der Waals surface area contributed by atoms with E-state index in [0.29, 0.717) is 13.1 Å². The zero-order valence-electron chi connectivity index (χ0n) is 10.2. The number of piperidine rings is 1. The molecule has 1 aliphatic heterocycles. The maximum atomic E-state index is 12.2. The van der Waals surface area contributed by atoms with Crippen molar-refractivity contribution in [3.05, 3.63) is 0 Å². The first kappa shape index (κ1) is 13.0. The van der Waals surface area contributed by atoms with Crippen molar-refractivity contribution in [1.82, 2.24) is 10.2 Å². The predicted molar refractivity (Wildman–Crippen MR) is 62.6 cm³/mol. The van der Waals surface area contributed by atoms with Crippen molar-refractivity contribution in [3.63, 3.8) is 0 Å². The van der Waals surface area contributed by atoms with E-state index in [1.54, 1.807) is 0 Å². The van der Waals surface area contributed by atoms with Crippen LogP contribution >= 0.6 is 0 Å². The summed E-state index contributed by atoms with van der Waals surface area (Å²) in [7, 11) is 0. The van der Waals surface area contributed by atoms with Gasteiger partial charge in [-0.1, -0.05) is 0 Å². The average Bonchev–Trinajstić information content (AvgIpc) is 2.35. The standard InChI is InChI=1S/C12H21N3O/c1-3-15(9-10(2)7-13)12(16)11-5-4-6-14-8-11/h10-11,14H,3-6,8-9H2,1-2H3/t10?,11-/m1/s1. The third-order valence-electron chi connectivity index (χ3n) is 3.05. The Morgan fingerprint density at radius 1 is 1.69 bits per heavy atom. The first-order valence-corrected chi connectivity index (χ1v) is 6.08. The molecule has 0 saturated carbocycles. The maximum Gasteiger partial charge on any atom is 0.226 e. The van der Waals surface area contributed by atoms with Crippen molar-refractivity contribution in [2.75, 3.05) is 26.2 Å². The molecule has 1 amide bonds. The van der Waals surface area contributed by atoms with E-state index in [4.69, 9.17) is 5.26 Å². The van der Waals surface area contributed by atoms with Crippen LogP contribution in [0.2, 0.25) is 0 Å². The summed E-state index contributed by atoms with van der Waals surface area (Å²) in [4.78, 5) is 14.0.